The Morgan fingerprint density at radius 2 is 1.58 bits per heavy atom. The summed E-state index contributed by atoms with van der Waals surface area (Å²) in [5, 5.41) is 6.79. The minimum absolute atomic E-state index is 0.0792. The lowest BCUT2D eigenvalue weighted by Crippen LogP contribution is -2.21. The standard InChI is InChI=1S/C18H18BrN3O2/c1-13(14-7-9-15(19)10-8-14)21-22-18(24)12-11-17(23)20-16-5-3-2-4-6-16/h2-10H,11-12H2,1H3,(H,20,23)(H,22,24)/b21-13+. The summed E-state index contributed by atoms with van der Waals surface area (Å²) < 4.78 is 0.979. The van der Waals surface area contributed by atoms with Gasteiger partial charge in [0.25, 0.3) is 0 Å². The molecule has 5 nitrogen and oxygen atoms in total. The van der Waals surface area contributed by atoms with Crippen LogP contribution in [0.15, 0.2) is 64.2 Å². The van der Waals surface area contributed by atoms with Gasteiger partial charge < -0.3 is 5.32 Å². The number of amides is 2. The second kappa shape index (κ2) is 8.98. The van der Waals surface area contributed by atoms with Crippen molar-refractivity contribution in [1.82, 2.24) is 5.43 Å². The third-order valence-electron chi connectivity index (χ3n) is 3.25. The molecule has 0 aliphatic rings. The highest BCUT2D eigenvalue weighted by Crippen LogP contribution is 2.11. The van der Waals surface area contributed by atoms with Crippen LogP contribution >= 0.6 is 15.9 Å². The molecule has 0 saturated carbocycles. The van der Waals surface area contributed by atoms with Crippen molar-refractivity contribution in [1.29, 1.82) is 0 Å². The van der Waals surface area contributed by atoms with E-state index in [0.717, 1.165) is 10.0 Å². The fraction of sp³-hybridized carbons (Fsp3) is 0.167. The zero-order chi connectivity index (χ0) is 17.4. The highest BCUT2D eigenvalue weighted by molar-refractivity contribution is 9.10. The van der Waals surface area contributed by atoms with Gasteiger partial charge >= 0.3 is 0 Å². The van der Waals surface area contributed by atoms with Crippen molar-refractivity contribution < 1.29 is 9.59 Å². The Kier molecular flexibility index (Phi) is 6.69. The van der Waals surface area contributed by atoms with Crippen molar-refractivity contribution in [2.75, 3.05) is 5.32 Å². The Labute approximate surface area is 149 Å². The van der Waals surface area contributed by atoms with Crippen LogP contribution in [-0.2, 0) is 9.59 Å². The predicted octanol–water partition coefficient (Wildman–Crippen LogP) is 3.71. The summed E-state index contributed by atoms with van der Waals surface area (Å²) in [6, 6.07) is 16.8. The van der Waals surface area contributed by atoms with Crippen molar-refractivity contribution in [3.63, 3.8) is 0 Å². The van der Waals surface area contributed by atoms with Crippen molar-refractivity contribution in [2.45, 2.75) is 19.8 Å². The molecule has 0 aliphatic carbocycles. The molecule has 2 N–H and O–H groups in total. The van der Waals surface area contributed by atoms with Crippen LogP contribution in [0.25, 0.3) is 0 Å². The Morgan fingerprint density at radius 3 is 2.25 bits per heavy atom. The minimum Gasteiger partial charge on any atom is -0.326 e. The largest absolute Gasteiger partial charge is 0.326 e. The number of halogens is 1. The maximum Gasteiger partial charge on any atom is 0.240 e. The van der Waals surface area contributed by atoms with Gasteiger partial charge in [-0.25, -0.2) is 5.43 Å². The molecule has 0 aliphatic heterocycles. The van der Waals surface area contributed by atoms with E-state index in [2.05, 4.69) is 31.8 Å². The average molecular weight is 388 g/mol. The molecule has 0 fully saturated rings. The molecule has 0 atom stereocenters. The normalized spacial score (nSPS) is 11.0. The first-order chi connectivity index (χ1) is 11.5. The van der Waals surface area contributed by atoms with Gasteiger partial charge in [-0.05, 0) is 36.8 Å². The van der Waals surface area contributed by atoms with E-state index in [0.29, 0.717) is 11.4 Å². The van der Waals surface area contributed by atoms with E-state index < -0.39 is 0 Å². The second-order valence-corrected chi connectivity index (χ2v) is 6.07. The summed E-state index contributed by atoms with van der Waals surface area (Å²) in [5.74, 6) is -0.500. The van der Waals surface area contributed by atoms with Crippen LogP contribution in [0.1, 0.15) is 25.3 Å². The maximum absolute atomic E-state index is 11.8. The number of nitrogens with one attached hydrogen (secondary N) is 2. The SMILES string of the molecule is C/C(=N\NC(=O)CCC(=O)Nc1ccccc1)c1ccc(Br)cc1. The number of benzene rings is 2. The molecule has 0 radical (unpaired) electrons. The first kappa shape index (κ1) is 17.9. The Hall–Kier alpha value is -2.47. The van der Waals surface area contributed by atoms with E-state index in [9.17, 15) is 9.59 Å². The van der Waals surface area contributed by atoms with Crippen molar-refractivity contribution in [3.05, 3.63) is 64.6 Å². The zero-order valence-corrected chi connectivity index (χ0v) is 14.8. The van der Waals surface area contributed by atoms with Crippen LogP contribution in [0.3, 0.4) is 0 Å². The van der Waals surface area contributed by atoms with Gasteiger partial charge in [-0.1, -0.05) is 46.3 Å². The summed E-state index contributed by atoms with van der Waals surface area (Å²) >= 11 is 3.37. The number of hydrogen-bond donors (Lipinski definition) is 2. The molecule has 2 amide bonds. The molecule has 2 aromatic carbocycles. The van der Waals surface area contributed by atoms with Gasteiger partial charge in [0.2, 0.25) is 11.8 Å². The van der Waals surface area contributed by atoms with Gasteiger partial charge in [-0.15, -0.1) is 0 Å². The topological polar surface area (TPSA) is 70.6 Å². The lowest BCUT2D eigenvalue weighted by Gasteiger charge is -2.05. The van der Waals surface area contributed by atoms with E-state index in [4.69, 9.17) is 0 Å². The zero-order valence-electron chi connectivity index (χ0n) is 13.3. The fourth-order valence-electron chi connectivity index (χ4n) is 1.93. The van der Waals surface area contributed by atoms with Crippen LogP contribution in [0.4, 0.5) is 5.69 Å². The van der Waals surface area contributed by atoms with E-state index in [1.807, 2.05) is 49.4 Å². The lowest BCUT2D eigenvalue weighted by molar-refractivity contribution is -0.124. The van der Waals surface area contributed by atoms with E-state index in [1.54, 1.807) is 12.1 Å². The number of carbonyl (C=O) groups is 2. The third kappa shape index (κ3) is 5.96. The molecule has 2 rings (SSSR count). The van der Waals surface area contributed by atoms with Crippen LogP contribution in [0, 0.1) is 0 Å². The molecule has 6 heteroatoms. The number of carbonyl (C=O) groups excluding carboxylic acids is 2. The third-order valence-corrected chi connectivity index (χ3v) is 3.78. The highest BCUT2D eigenvalue weighted by atomic mass is 79.9. The number of hydrogen-bond acceptors (Lipinski definition) is 3. The summed E-state index contributed by atoms with van der Waals surface area (Å²) in [6.07, 6.45) is 0.184. The molecular formula is C18H18BrN3O2. The molecule has 0 spiro atoms. The van der Waals surface area contributed by atoms with Crippen LogP contribution < -0.4 is 10.7 Å². The Bertz CT molecular complexity index is 728. The van der Waals surface area contributed by atoms with Gasteiger partial charge in [-0.3, -0.25) is 9.59 Å². The molecule has 24 heavy (non-hydrogen) atoms. The van der Waals surface area contributed by atoms with Gasteiger partial charge in [0.05, 0.1) is 5.71 Å². The van der Waals surface area contributed by atoms with Crippen molar-refractivity contribution >= 4 is 39.1 Å². The number of hydrazone groups is 1. The summed E-state index contributed by atoms with van der Waals surface area (Å²) in [7, 11) is 0. The van der Waals surface area contributed by atoms with Crippen molar-refractivity contribution in [3.8, 4) is 0 Å². The van der Waals surface area contributed by atoms with Crippen LogP contribution in [-0.4, -0.2) is 17.5 Å². The molecule has 0 unspecified atom stereocenters. The lowest BCUT2D eigenvalue weighted by atomic mass is 10.1. The highest BCUT2D eigenvalue weighted by Gasteiger charge is 2.07. The monoisotopic (exact) mass is 387 g/mol. The smallest absolute Gasteiger partial charge is 0.240 e. The summed E-state index contributed by atoms with van der Waals surface area (Å²) in [4.78, 5) is 23.6. The van der Waals surface area contributed by atoms with E-state index in [1.165, 1.54) is 0 Å². The van der Waals surface area contributed by atoms with Gasteiger partial charge in [0.15, 0.2) is 0 Å². The summed E-state index contributed by atoms with van der Waals surface area (Å²) in [5.41, 5.74) is 4.80. The number of anilines is 1. The first-order valence-electron chi connectivity index (χ1n) is 7.48. The molecule has 0 bridgehead atoms. The number of para-hydroxylation sites is 1. The van der Waals surface area contributed by atoms with Gasteiger partial charge in [-0.2, -0.15) is 5.10 Å². The van der Waals surface area contributed by atoms with Crippen LogP contribution in [0.2, 0.25) is 0 Å². The molecule has 0 aromatic heterocycles. The Balaban J connectivity index is 1.77. The maximum atomic E-state index is 11.8. The first-order valence-corrected chi connectivity index (χ1v) is 8.28. The number of rotatable bonds is 6. The van der Waals surface area contributed by atoms with Crippen molar-refractivity contribution in [2.24, 2.45) is 5.10 Å². The molecule has 2 aromatic rings. The fourth-order valence-corrected chi connectivity index (χ4v) is 2.19. The predicted molar refractivity (Wildman–Crippen MR) is 98.8 cm³/mol. The number of nitrogens with zero attached hydrogens (tertiary/aromatic N) is 1. The average Bonchev–Trinajstić information content (AvgIpc) is 2.59. The molecule has 0 saturated heterocycles. The van der Waals surface area contributed by atoms with E-state index >= 15 is 0 Å². The molecular weight excluding hydrogens is 370 g/mol. The van der Waals surface area contributed by atoms with Gasteiger partial charge in [0, 0.05) is 23.0 Å². The van der Waals surface area contributed by atoms with Gasteiger partial charge in [0.1, 0.15) is 0 Å². The second-order valence-electron chi connectivity index (χ2n) is 5.15. The minimum atomic E-state index is -0.297. The van der Waals surface area contributed by atoms with E-state index in [-0.39, 0.29) is 24.7 Å². The summed E-state index contributed by atoms with van der Waals surface area (Å²) in [6.45, 7) is 1.81. The Morgan fingerprint density at radius 1 is 0.958 bits per heavy atom. The molecule has 0 heterocycles. The molecule has 124 valence electrons. The quantitative estimate of drug-likeness (QED) is 0.585. The van der Waals surface area contributed by atoms with Crippen LogP contribution in [0.5, 0.6) is 0 Å².